The highest BCUT2D eigenvalue weighted by Crippen LogP contribution is 2.11. The van der Waals surface area contributed by atoms with Crippen LogP contribution in [-0.4, -0.2) is 22.2 Å². The molecule has 2 N–H and O–H groups in total. The topological polar surface area (TPSA) is 74.6 Å². The molecule has 5 heteroatoms. The second-order valence-electron chi connectivity index (χ2n) is 3.34. The Labute approximate surface area is 99.7 Å². The van der Waals surface area contributed by atoms with E-state index >= 15 is 0 Å². The van der Waals surface area contributed by atoms with Crippen LogP contribution in [0.3, 0.4) is 0 Å². The largest absolute Gasteiger partial charge is 0.478 e. The molecule has 0 bridgehead atoms. The number of thiophene rings is 1. The first-order valence-corrected chi connectivity index (χ1v) is 5.56. The Bertz CT molecular complexity index is 712. The predicted molar refractivity (Wildman–Crippen MR) is 65.3 cm³/mol. The highest BCUT2D eigenvalue weighted by molar-refractivity contribution is 7.17. The lowest BCUT2D eigenvalue weighted by atomic mass is 10.2. The molecule has 0 atom stereocenters. The third kappa shape index (κ3) is 2.34. The van der Waals surface area contributed by atoms with E-state index in [1.165, 1.54) is 11.3 Å². The fourth-order valence-electron chi connectivity index (χ4n) is 1.58. The van der Waals surface area contributed by atoms with Gasteiger partial charge in [-0.15, -0.1) is 11.3 Å². The monoisotopic (exact) mass is 248 g/mol. The van der Waals surface area contributed by atoms with Crippen LogP contribution in [0.2, 0.25) is 0 Å². The number of rotatable bonds is 2. The van der Waals surface area contributed by atoms with E-state index in [0.717, 1.165) is 22.2 Å². The molecule has 0 aliphatic rings. The second kappa shape index (κ2) is 4.39. The fourth-order valence-corrected chi connectivity index (χ4v) is 2.69. The molecule has 0 unspecified atom stereocenters. The van der Waals surface area contributed by atoms with E-state index in [-0.39, 0.29) is 0 Å². The molecule has 0 saturated heterocycles. The van der Waals surface area contributed by atoms with Gasteiger partial charge in [0.05, 0.1) is 0 Å². The zero-order chi connectivity index (χ0) is 12.4. The van der Waals surface area contributed by atoms with Gasteiger partial charge >= 0.3 is 11.9 Å². The Balaban J connectivity index is 2.94. The van der Waals surface area contributed by atoms with E-state index in [1.54, 1.807) is 12.1 Å². The number of hydrogen-bond donors (Lipinski definition) is 2. The van der Waals surface area contributed by atoms with Crippen molar-refractivity contribution in [3.8, 4) is 0 Å². The molecule has 2 rings (SSSR count). The molecule has 0 aliphatic heterocycles. The van der Waals surface area contributed by atoms with Crippen LogP contribution in [0.5, 0.6) is 0 Å². The SMILES string of the molecule is O=C(O)/C=c1\sc2ccccc2\c1=C\C(=O)O. The standard InChI is InChI=1S/C12H8O4S/c13-11(14)5-8-7-3-1-2-4-9(7)17-10(8)6-12(15)16/h1-6H,(H,13,14)(H,15,16)/b8-5-,10-6-. The van der Waals surface area contributed by atoms with Crippen molar-refractivity contribution in [3.63, 3.8) is 0 Å². The Morgan fingerprint density at radius 2 is 1.71 bits per heavy atom. The molecule has 17 heavy (non-hydrogen) atoms. The third-order valence-electron chi connectivity index (χ3n) is 2.18. The van der Waals surface area contributed by atoms with Gasteiger partial charge in [0.25, 0.3) is 0 Å². The second-order valence-corrected chi connectivity index (χ2v) is 4.43. The number of fused-ring (bicyclic) bond motifs is 1. The van der Waals surface area contributed by atoms with Gasteiger partial charge in [0.1, 0.15) is 0 Å². The first-order chi connectivity index (χ1) is 8.08. The van der Waals surface area contributed by atoms with Crippen LogP contribution < -0.4 is 9.75 Å². The molecule has 1 heterocycles. The molecule has 0 radical (unpaired) electrons. The number of hydrogen-bond acceptors (Lipinski definition) is 3. The Morgan fingerprint density at radius 3 is 2.35 bits per heavy atom. The van der Waals surface area contributed by atoms with Crippen LogP contribution >= 0.6 is 11.3 Å². The van der Waals surface area contributed by atoms with Crippen LogP contribution in [0.15, 0.2) is 24.3 Å². The van der Waals surface area contributed by atoms with Gasteiger partial charge in [-0.1, -0.05) is 18.2 Å². The van der Waals surface area contributed by atoms with Crippen molar-refractivity contribution in [1.82, 2.24) is 0 Å². The van der Waals surface area contributed by atoms with E-state index in [1.807, 2.05) is 12.1 Å². The molecule has 4 nitrogen and oxygen atoms in total. The Kier molecular flexibility index (Phi) is 2.93. The van der Waals surface area contributed by atoms with Gasteiger partial charge in [-0.2, -0.15) is 0 Å². The molecule has 0 spiro atoms. The lowest BCUT2D eigenvalue weighted by Crippen LogP contribution is -2.21. The molecule has 86 valence electrons. The average Bonchev–Trinajstić information content (AvgIpc) is 2.55. The summed E-state index contributed by atoms with van der Waals surface area (Å²) < 4.78 is 1.31. The highest BCUT2D eigenvalue weighted by Gasteiger charge is 2.03. The van der Waals surface area contributed by atoms with Crippen molar-refractivity contribution in [2.75, 3.05) is 0 Å². The predicted octanol–water partition coefficient (Wildman–Crippen LogP) is 0.632. The van der Waals surface area contributed by atoms with E-state index < -0.39 is 11.9 Å². The summed E-state index contributed by atoms with van der Waals surface area (Å²) >= 11 is 1.26. The summed E-state index contributed by atoms with van der Waals surface area (Å²) in [5.74, 6) is -2.18. The minimum absolute atomic E-state index is 0.445. The minimum atomic E-state index is -1.09. The van der Waals surface area contributed by atoms with Crippen molar-refractivity contribution >= 4 is 45.5 Å². The van der Waals surface area contributed by atoms with Crippen LogP contribution in [0, 0.1) is 0 Å². The highest BCUT2D eigenvalue weighted by atomic mass is 32.1. The van der Waals surface area contributed by atoms with Crippen LogP contribution in [0.4, 0.5) is 0 Å². The number of aliphatic carboxylic acids is 2. The summed E-state index contributed by atoms with van der Waals surface area (Å²) in [7, 11) is 0. The molecular formula is C12H8O4S. The Morgan fingerprint density at radius 1 is 1.06 bits per heavy atom. The van der Waals surface area contributed by atoms with Gasteiger partial charge in [-0.05, 0) is 6.07 Å². The van der Waals surface area contributed by atoms with Crippen molar-refractivity contribution in [3.05, 3.63) is 34.0 Å². The summed E-state index contributed by atoms with van der Waals surface area (Å²) in [6.07, 6.45) is 2.06. The third-order valence-corrected chi connectivity index (χ3v) is 3.32. The molecule has 1 aromatic carbocycles. The number of carboxylic acids is 2. The maximum absolute atomic E-state index is 10.7. The van der Waals surface area contributed by atoms with Crippen molar-refractivity contribution in [2.45, 2.75) is 0 Å². The molecule has 0 fully saturated rings. The van der Waals surface area contributed by atoms with Crippen molar-refractivity contribution in [2.24, 2.45) is 0 Å². The first-order valence-electron chi connectivity index (χ1n) is 4.75. The lowest BCUT2D eigenvalue weighted by molar-refractivity contribution is -0.130. The van der Waals surface area contributed by atoms with E-state index in [4.69, 9.17) is 10.2 Å². The Hall–Kier alpha value is -2.14. The van der Waals surface area contributed by atoms with E-state index in [9.17, 15) is 9.59 Å². The average molecular weight is 248 g/mol. The quantitative estimate of drug-likeness (QED) is 0.817. The van der Waals surface area contributed by atoms with Crippen LogP contribution in [0.1, 0.15) is 0 Å². The molecule has 2 aromatic rings. The van der Waals surface area contributed by atoms with Crippen molar-refractivity contribution in [1.29, 1.82) is 0 Å². The number of carboxylic acid groups (broad SMARTS) is 2. The van der Waals surface area contributed by atoms with E-state index in [0.29, 0.717) is 9.75 Å². The molecule has 0 amide bonds. The zero-order valence-electron chi connectivity index (χ0n) is 8.58. The summed E-state index contributed by atoms with van der Waals surface area (Å²) in [5.41, 5.74) is 0. The van der Waals surface area contributed by atoms with Gasteiger partial charge in [0.2, 0.25) is 0 Å². The van der Waals surface area contributed by atoms with Gasteiger partial charge in [-0.25, -0.2) is 9.59 Å². The van der Waals surface area contributed by atoms with Crippen LogP contribution in [-0.2, 0) is 9.59 Å². The summed E-state index contributed by atoms with van der Waals surface area (Å²) in [5, 5.41) is 18.7. The van der Waals surface area contributed by atoms with E-state index in [2.05, 4.69) is 0 Å². The first kappa shape index (κ1) is 11.3. The maximum atomic E-state index is 10.7. The van der Waals surface area contributed by atoms with Gasteiger partial charge < -0.3 is 10.2 Å². The minimum Gasteiger partial charge on any atom is -0.478 e. The van der Waals surface area contributed by atoms with Crippen LogP contribution in [0.25, 0.3) is 22.2 Å². The molecule has 0 saturated carbocycles. The van der Waals surface area contributed by atoms with Gasteiger partial charge in [-0.3, -0.25) is 0 Å². The number of carbonyl (C=O) groups is 2. The smallest absolute Gasteiger partial charge is 0.329 e. The zero-order valence-corrected chi connectivity index (χ0v) is 9.40. The lowest BCUT2D eigenvalue weighted by Gasteiger charge is -1.85. The van der Waals surface area contributed by atoms with Crippen molar-refractivity contribution < 1.29 is 19.8 Å². The molecule has 0 aliphatic carbocycles. The summed E-state index contributed by atoms with van der Waals surface area (Å²) in [6, 6.07) is 7.23. The summed E-state index contributed by atoms with van der Waals surface area (Å²) in [4.78, 5) is 21.4. The molecular weight excluding hydrogens is 240 g/mol. The number of benzene rings is 1. The normalized spacial score (nSPS) is 13.2. The fraction of sp³-hybridized carbons (Fsp3) is 0. The maximum Gasteiger partial charge on any atom is 0.329 e. The summed E-state index contributed by atoms with van der Waals surface area (Å²) in [6.45, 7) is 0. The van der Waals surface area contributed by atoms with Gasteiger partial charge in [0.15, 0.2) is 0 Å². The van der Waals surface area contributed by atoms with Gasteiger partial charge in [0, 0.05) is 32.0 Å². The molecule has 1 aromatic heterocycles.